The predicted octanol–water partition coefficient (Wildman–Crippen LogP) is 3.75. The number of benzene rings is 3. The van der Waals surface area contributed by atoms with Gasteiger partial charge < -0.3 is 5.11 Å². The highest BCUT2D eigenvalue weighted by atomic mass is 16.3. The van der Waals surface area contributed by atoms with Gasteiger partial charge in [-0.05, 0) is 23.3 Å². The van der Waals surface area contributed by atoms with Crippen LogP contribution in [-0.4, -0.2) is 20.1 Å². The van der Waals surface area contributed by atoms with Gasteiger partial charge in [-0.15, -0.1) is 5.10 Å². The smallest absolute Gasteiger partial charge is 0.160 e. The van der Waals surface area contributed by atoms with Crippen LogP contribution < -0.4 is 0 Å². The third-order valence-corrected chi connectivity index (χ3v) is 4.24. The Hall–Kier alpha value is -2.98. The van der Waals surface area contributed by atoms with Crippen molar-refractivity contribution in [2.75, 3.05) is 0 Å². The lowest BCUT2D eigenvalue weighted by Crippen LogP contribution is -2.20. The van der Waals surface area contributed by atoms with Crippen LogP contribution in [0.1, 0.15) is 23.3 Å². The lowest BCUT2D eigenvalue weighted by molar-refractivity contribution is 0.0762. The zero-order chi connectivity index (χ0) is 16.4. The molecule has 0 saturated heterocycles. The summed E-state index contributed by atoms with van der Waals surface area (Å²) in [5, 5.41) is 19.5. The Morgan fingerprint density at radius 3 is 1.88 bits per heavy atom. The van der Waals surface area contributed by atoms with Crippen molar-refractivity contribution >= 4 is 11.0 Å². The minimum absolute atomic E-state index is 0.225. The zero-order valence-corrected chi connectivity index (χ0v) is 13.0. The molecule has 0 amide bonds. The van der Waals surface area contributed by atoms with E-state index in [1.807, 2.05) is 84.9 Å². The number of hydrogen-bond donors (Lipinski definition) is 1. The molecule has 1 heterocycles. The van der Waals surface area contributed by atoms with Gasteiger partial charge in [-0.2, -0.15) is 0 Å². The van der Waals surface area contributed by atoms with E-state index in [9.17, 15) is 5.11 Å². The van der Waals surface area contributed by atoms with Crippen molar-refractivity contribution in [3.05, 3.63) is 96.1 Å². The standard InChI is InChI=1S/C20H17N3O/c24-20(23-18-14-8-7-13-17(18)21-22-23)19(15-9-3-1-4-10-15)16-11-5-2-6-12-16/h1-14,19-20,24H. The molecule has 0 bridgehead atoms. The number of para-hydroxylation sites is 1. The first-order valence-electron chi connectivity index (χ1n) is 7.92. The molecule has 0 fully saturated rings. The van der Waals surface area contributed by atoms with E-state index in [0.717, 1.165) is 22.2 Å². The maximum atomic E-state index is 11.1. The minimum atomic E-state index is -0.845. The second-order valence-electron chi connectivity index (χ2n) is 5.74. The van der Waals surface area contributed by atoms with Gasteiger partial charge in [-0.3, -0.25) is 0 Å². The quantitative estimate of drug-likeness (QED) is 0.624. The van der Waals surface area contributed by atoms with Crippen LogP contribution in [0.25, 0.3) is 11.0 Å². The SMILES string of the molecule is OC(C(c1ccccc1)c1ccccc1)n1nnc2ccccc21. The van der Waals surface area contributed by atoms with E-state index in [2.05, 4.69) is 10.3 Å². The number of aliphatic hydroxyl groups excluding tert-OH is 1. The van der Waals surface area contributed by atoms with Crippen molar-refractivity contribution in [2.24, 2.45) is 0 Å². The molecule has 3 aromatic carbocycles. The summed E-state index contributed by atoms with van der Waals surface area (Å²) in [7, 11) is 0. The van der Waals surface area contributed by atoms with Gasteiger partial charge in [0.15, 0.2) is 6.23 Å². The third kappa shape index (κ3) is 2.57. The van der Waals surface area contributed by atoms with Crippen molar-refractivity contribution in [3.63, 3.8) is 0 Å². The van der Waals surface area contributed by atoms with E-state index in [1.165, 1.54) is 0 Å². The number of aromatic nitrogens is 3. The maximum absolute atomic E-state index is 11.1. The molecule has 0 aliphatic heterocycles. The van der Waals surface area contributed by atoms with Gasteiger partial charge in [0, 0.05) is 0 Å². The summed E-state index contributed by atoms with van der Waals surface area (Å²) in [5.41, 5.74) is 3.67. The monoisotopic (exact) mass is 315 g/mol. The topological polar surface area (TPSA) is 50.9 Å². The van der Waals surface area contributed by atoms with Gasteiger partial charge >= 0.3 is 0 Å². The molecule has 0 spiro atoms. The van der Waals surface area contributed by atoms with Crippen LogP contribution in [-0.2, 0) is 0 Å². The summed E-state index contributed by atoms with van der Waals surface area (Å²) >= 11 is 0. The zero-order valence-electron chi connectivity index (χ0n) is 13.0. The molecule has 4 rings (SSSR count). The molecule has 0 aliphatic rings. The number of nitrogens with zero attached hydrogens (tertiary/aromatic N) is 3. The Morgan fingerprint density at radius 1 is 0.708 bits per heavy atom. The van der Waals surface area contributed by atoms with Gasteiger partial charge in [0.25, 0.3) is 0 Å². The Bertz CT molecular complexity index is 895. The van der Waals surface area contributed by atoms with Gasteiger partial charge in [-0.25, -0.2) is 4.68 Å². The summed E-state index contributed by atoms with van der Waals surface area (Å²) < 4.78 is 1.60. The molecule has 24 heavy (non-hydrogen) atoms. The van der Waals surface area contributed by atoms with E-state index in [4.69, 9.17) is 0 Å². The second-order valence-corrected chi connectivity index (χ2v) is 5.74. The third-order valence-electron chi connectivity index (χ3n) is 4.24. The lowest BCUT2D eigenvalue weighted by Gasteiger charge is -2.24. The van der Waals surface area contributed by atoms with Crippen molar-refractivity contribution in [1.29, 1.82) is 0 Å². The Morgan fingerprint density at radius 2 is 1.25 bits per heavy atom. The molecule has 118 valence electrons. The van der Waals surface area contributed by atoms with Crippen LogP contribution in [0, 0.1) is 0 Å². The van der Waals surface area contributed by atoms with Gasteiger partial charge in [0.2, 0.25) is 0 Å². The molecule has 1 N–H and O–H groups in total. The molecule has 1 aromatic heterocycles. The summed E-state index contributed by atoms with van der Waals surface area (Å²) in [5.74, 6) is -0.225. The highest BCUT2D eigenvalue weighted by Crippen LogP contribution is 2.34. The first kappa shape index (κ1) is 14.6. The van der Waals surface area contributed by atoms with Crippen molar-refractivity contribution in [1.82, 2.24) is 15.0 Å². The first-order valence-corrected chi connectivity index (χ1v) is 7.92. The van der Waals surface area contributed by atoms with Crippen molar-refractivity contribution in [2.45, 2.75) is 12.1 Å². The molecule has 0 saturated carbocycles. The fraction of sp³-hybridized carbons (Fsp3) is 0.100. The van der Waals surface area contributed by atoms with E-state index < -0.39 is 6.23 Å². The van der Waals surface area contributed by atoms with Gasteiger partial charge in [-0.1, -0.05) is 78.0 Å². The van der Waals surface area contributed by atoms with Crippen LogP contribution in [0.4, 0.5) is 0 Å². The van der Waals surface area contributed by atoms with Gasteiger partial charge in [0.1, 0.15) is 5.52 Å². The first-order chi connectivity index (χ1) is 11.8. The lowest BCUT2D eigenvalue weighted by atomic mass is 9.89. The van der Waals surface area contributed by atoms with Crippen LogP contribution in [0.2, 0.25) is 0 Å². The fourth-order valence-electron chi connectivity index (χ4n) is 3.08. The molecule has 1 atom stereocenters. The summed E-state index contributed by atoms with van der Waals surface area (Å²) in [4.78, 5) is 0. The van der Waals surface area contributed by atoms with Crippen molar-refractivity contribution < 1.29 is 5.11 Å². The molecule has 4 heteroatoms. The molecule has 4 nitrogen and oxygen atoms in total. The Labute approximate surface area is 140 Å². The summed E-state index contributed by atoms with van der Waals surface area (Å²) in [6.45, 7) is 0. The Balaban J connectivity index is 1.84. The summed E-state index contributed by atoms with van der Waals surface area (Å²) in [6, 6.07) is 27.7. The predicted molar refractivity (Wildman–Crippen MR) is 93.5 cm³/mol. The van der Waals surface area contributed by atoms with E-state index in [1.54, 1.807) is 4.68 Å². The average Bonchev–Trinajstić information content (AvgIpc) is 3.08. The highest BCUT2D eigenvalue weighted by molar-refractivity contribution is 5.74. The van der Waals surface area contributed by atoms with E-state index in [-0.39, 0.29) is 5.92 Å². The summed E-state index contributed by atoms with van der Waals surface area (Å²) in [6.07, 6.45) is -0.845. The highest BCUT2D eigenvalue weighted by Gasteiger charge is 2.26. The van der Waals surface area contributed by atoms with Crippen molar-refractivity contribution in [3.8, 4) is 0 Å². The minimum Gasteiger partial charge on any atom is -0.371 e. The number of fused-ring (bicyclic) bond motifs is 1. The Kier molecular flexibility index (Phi) is 3.81. The fourth-order valence-corrected chi connectivity index (χ4v) is 3.08. The number of aliphatic hydroxyl groups is 1. The average molecular weight is 315 g/mol. The van der Waals surface area contributed by atoms with Gasteiger partial charge in [0.05, 0.1) is 11.4 Å². The molecular formula is C20H17N3O. The van der Waals surface area contributed by atoms with Crippen LogP contribution in [0.3, 0.4) is 0 Å². The molecule has 4 aromatic rings. The molecule has 1 unspecified atom stereocenters. The maximum Gasteiger partial charge on any atom is 0.160 e. The molecule has 0 aliphatic carbocycles. The number of hydrogen-bond acceptors (Lipinski definition) is 3. The van der Waals surface area contributed by atoms with Crippen LogP contribution in [0.5, 0.6) is 0 Å². The second kappa shape index (κ2) is 6.26. The normalized spacial score (nSPS) is 12.6. The van der Waals surface area contributed by atoms with Crippen LogP contribution in [0.15, 0.2) is 84.9 Å². The van der Waals surface area contributed by atoms with Crippen LogP contribution >= 0.6 is 0 Å². The molecular weight excluding hydrogens is 298 g/mol. The van der Waals surface area contributed by atoms with E-state index in [0.29, 0.717) is 0 Å². The van der Waals surface area contributed by atoms with E-state index >= 15 is 0 Å². The largest absolute Gasteiger partial charge is 0.371 e. The molecule has 0 radical (unpaired) electrons. The number of rotatable bonds is 4.